The van der Waals surface area contributed by atoms with Crippen molar-refractivity contribution >= 4 is 11.6 Å². The summed E-state index contributed by atoms with van der Waals surface area (Å²) >= 11 is 6.25. The second-order valence-corrected chi connectivity index (χ2v) is 9.07. The van der Waals surface area contributed by atoms with Crippen LogP contribution in [0.15, 0.2) is 72.8 Å². The lowest BCUT2D eigenvalue weighted by Crippen LogP contribution is -2.37. The molecule has 0 radical (unpaired) electrons. The fourth-order valence-corrected chi connectivity index (χ4v) is 4.84. The summed E-state index contributed by atoms with van der Waals surface area (Å²) in [5.41, 5.74) is 1.61. The zero-order chi connectivity index (χ0) is 23.6. The highest BCUT2D eigenvalue weighted by atomic mass is 35.5. The molecule has 0 bridgehead atoms. The number of likely N-dealkylation sites (tertiary alicyclic amines) is 1. The van der Waals surface area contributed by atoms with E-state index in [2.05, 4.69) is 28.0 Å². The Balaban J connectivity index is 1.55. The third kappa shape index (κ3) is 5.75. The van der Waals surface area contributed by atoms with Gasteiger partial charge in [0, 0.05) is 43.2 Å². The highest BCUT2D eigenvalue weighted by Crippen LogP contribution is 2.35. The van der Waals surface area contributed by atoms with Crippen molar-refractivity contribution in [1.29, 1.82) is 0 Å². The van der Waals surface area contributed by atoms with Crippen molar-refractivity contribution in [3.63, 3.8) is 0 Å². The first-order valence-corrected chi connectivity index (χ1v) is 11.2. The minimum atomic E-state index is -4.70. The maximum Gasteiger partial charge on any atom is 0.419 e. The molecule has 33 heavy (non-hydrogen) atoms. The average Bonchev–Trinajstić information content (AvgIpc) is 3.17. The Hall–Kier alpha value is -2.41. The molecule has 1 saturated heterocycles. The molecular formula is C26H25ClF4N2. The Morgan fingerprint density at radius 3 is 2.36 bits per heavy atom. The standard InChI is InChI=1S/C26H25ClF4N2/c1-32(14-19-10-11-23(24(28)12-19)26(29,30)31)25-17-33(15-18-6-3-2-4-7-18)16-22(25)20-8-5-9-21(27)13-20/h2-13,22,25H,14-17H2,1H3. The van der Waals surface area contributed by atoms with E-state index in [0.29, 0.717) is 17.1 Å². The van der Waals surface area contributed by atoms with Crippen LogP contribution >= 0.6 is 11.6 Å². The lowest BCUT2D eigenvalue weighted by molar-refractivity contribution is -0.140. The van der Waals surface area contributed by atoms with Gasteiger partial charge in [-0.1, -0.05) is 60.1 Å². The number of nitrogens with zero attached hydrogens (tertiary/aromatic N) is 2. The number of alkyl halides is 3. The van der Waals surface area contributed by atoms with Crippen molar-refractivity contribution in [1.82, 2.24) is 9.80 Å². The monoisotopic (exact) mass is 476 g/mol. The molecule has 0 amide bonds. The number of halogens is 5. The minimum Gasteiger partial charge on any atom is -0.297 e. The van der Waals surface area contributed by atoms with Crippen molar-refractivity contribution in [2.24, 2.45) is 0 Å². The van der Waals surface area contributed by atoms with Crippen LogP contribution < -0.4 is 0 Å². The van der Waals surface area contributed by atoms with E-state index < -0.39 is 17.6 Å². The first kappa shape index (κ1) is 23.7. The largest absolute Gasteiger partial charge is 0.419 e. The molecular weight excluding hydrogens is 452 g/mol. The highest BCUT2D eigenvalue weighted by molar-refractivity contribution is 6.30. The Morgan fingerprint density at radius 1 is 0.939 bits per heavy atom. The normalized spacial score (nSPS) is 19.4. The fraction of sp³-hybridized carbons (Fsp3) is 0.308. The van der Waals surface area contributed by atoms with E-state index in [1.807, 2.05) is 43.4 Å². The molecule has 0 saturated carbocycles. The Labute approximate surface area is 196 Å². The summed E-state index contributed by atoms with van der Waals surface area (Å²) in [7, 11) is 1.93. The van der Waals surface area contributed by atoms with Gasteiger partial charge in [0.05, 0.1) is 5.56 Å². The summed E-state index contributed by atoms with van der Waals surface area (Å²) in [5, 5.41) is 0.667. The number of likely N-dealkylation sites (N-methyl/N-ethyl adjacent to an activating group) is 1. The van der Waals surface area contributed by atoms with E-state index in [4.69, 9.17) is 11.6 Å². The molecule has 1 fully saturated rings. The predicted octanol–water partition coefficient (Wildman–Crippen LogP) is 6.60. The van der Waals surface area contributed by atoms with E-state index in [1.54, 1.807) is 0 Å². The molecule has 2 nitrogen and oxygen atoms in total. The maximum atomic E-state index is 14.1. The summed E-state index contributed by atoms with van der Waals surface area (Å²) in [5.74, 6) is -1.08. The van der Waals surface area contributed by atoms with Crippen molar-refractivity contribution in [3.05, 3.63) is 106 Å². The van der Waals surface area contributed by atoms with Crippen LogP contribution in [0.25, 0.3) is 0 Å². The zero-order valence-corrected chi connectivity index (χ0v) is 19.0. The lowest BCUT2D eigenvalue weighted by Gasteiger charge is -2.29. The second-order valence-electron chi connectivity index (χ2n) is 8.64. The van der Waals surface area contributed by atoms with Crippen LogP contribution in [0.2, 0.25) is 5.02 Å². The number of hydrogen-bond acceptors (Lipinski definition) is 2. The molecule has 1 aliphatic heterocycles. The molecule has 0 spiro atoms. The van der Waals surface area contributed by atoms with Gasteiger partial charge >= 0.3 is 6.18 Å². The molecule has 7 heteroatoms. The molecule has 0 aliphatic carbocycles. The Morgan fingerprint density at radius 2 is 1.70 bits per heavy atom. The van der Waals surface area contributed by atoms with Crippen molar-refractivity contribution < 1.29 is 17.6 Å². The van der Waals surface area contributed by atoms with Crippen LogP contribution in [0, 0.1) is 5.82 Å². The third-order valence-corrected chi connectivity index (χ3v) is 6.46. The van der Waals surface area contributed by atoms with E-state index in [-0.39, 0.29) is 12.0 Å². The van der Waals surface area contributed by atoms with Gasteiger partial charge in [-0.25, -0.2) is 4.39 Å². The first-order chi connectivity index (χ1) is 15.7. The van der Waals surface area contributed by atoms with Gasteiger partial charge in [-0.2, -0.15) is 13.2 Å². The molecule has 3 aromatic rings. The van der Waals surface area contributed by atoms with Crippen LogP contribution in [0.1, 0.15) is 28.2 Å². The predicted molar refractivity (Wildman–Crippen MR) is 123 cm³/mol. The molecule has 2 atom stereocenters. The van der Waals surface area contributed by atoms with Gasteiger partial charge in [0.1, 0.15) is 5.82 Å². The molecule has 1 aliphatic rings. The van der Waals surface area contributed by atoms with E-state index >= 15 is 0 Å². The highest BCUT2D eigenvalue weighted by Gasteiger charge is 2.37. The molecule has 2 unspecified atom stereocenters. The average molecular weight is 477 g/mol. The van der Waals surface area contributed by atoms with Crippen LogP contribution in [0.3, 0.4) is 0 Å². The van der Waals surface area contributed by atoms with Gasteiger partial charge in [0.15, 0.2) is 0 Å². The van der Waals surface area contributed by atoms with Crippen LogP contribution in [-0.2, 0) is 19.3 Å². The minimum absolute atomic E-state index is 0.0949. The topological polar surface area (TPSA) is 6.48 Å². The molecule has 1 heterocycles. The molecule has 3 aromatic carbocycles. The molecule has 174 valence electrons. The molecule has 0 N–H and O–H groups in total. The number of benzene rings is 3. The summed E-state index contributed by atoms with van der Waals surface area (Å²) in [4.78, 5) is 4.47. The van der Waals surface area contributed by atoms with Crippen molar-refractivity contribution in [2.75, 3.05) is 20.1 Å². The second kappa shape index (κ2) is 9.84. The van der Waals surface area contributed by atoms with E-state index in [1.165, 1.54) is 11.6 Å². The van der Waals surface area contributed by atoms with Gasteiger partial charge in [0.25, 0.3) is 0 Å². The van der Waals surface area contributed by atoms with Crippen LogP contribution in [-0.4, -0.2) is 36.0 Å². The van der Waals surface area contributed by atoms with E-state index in [0.717, 1.165) is 37.3 Å². The summed E-state index contributed by atoms with van der Waals surface area (Å²) in [6.45, 7) is 2.75. The van der Waals surface area contributed by atoms with Gasteiger partial charge < -0.3 is 0 Å². The number of rotatable bonds is 6. The Kier molecular flexibility index (Phi) is 7.07. The summed E-state index contributed by atoms with van der Waals surface area (Å²) in [6, 6.07) is 21.3. The van der Waals surface area contributed by atoms with Gasteiger partial charge in [-0.05, 0) is 48.0 Å². The fourth-order valence-electron chi connectivity index (χ4n) is 4.64. The first-order valence-electron chi connectivity index (χ1n) is 10.8. The molecule has 0 aromatic heterocycles. The summed E-state index contributed by atoms with van der Waals surface area (Å²) in [6.07, 6.45) is -4.70. The van der Waals surface area contributed by atoms with Gasteiger partial charge in [0.2, 0.25) is 0 Å². The zero-order valence-electron chi connectivity index (χ0n) is 18.2. The molecule has 4 rings (SSSR count). The van der Waals surface area contributed by atoms with Crippen molar-refractivity contribution in [3.8, 4) is 0 Å². The third-order valence-electron chi connectivity index (χ3n) is 6.23. The van der Waals surface area contributed by atoms with Crippen LogP contribution in [0.5, 0.6) is 0 Å². The van der Waals surface area contributed by atoms with E-state index in [9.17, 15) is 17.6 Å². The van der Waals surface area contributed by atoms with Crippen LogP contribution in [0.4, 0.5) is 17.6 Å². The van der Waals surface area contributed by atoms with Gasteiger partial charge in [-0.3, -0.25) is 9.80 Å². The lowest BCUT2D eigenvalue weighted by atomic mass is 9.93. The smallest absolute Gasteiger partial charge is 0.297 e. The van der Waals surface area contributed by atoms with Crippen molar-refractivity contribution in [2.45, 2.75) is 31.2 Å². The Bertz CT molecular complexity index is 1090. The van der Waals surface area contributed by atoms with Gasteiger partial charge in [-0.15, -0.1) is 0 Å². The number of hydrogen-bond donors (Lipinski definition) is 0. The summed E-state index contributed by atoms with van der Waals surface area (Å²) < 4.78 is 52.8. The SMILES string of the molecule is CN(Cc1ccc(C(F)(F)F)c(F)c1)C1CN(Cc2ccccc2)CC1c1cccc(Cl)c1. The quantitative estimate of drug-likeness (QED) is 0.370. The maximum absolute atomic E-state index is 14.1.